The fraction of sp³-hybridized carbons (Fsp3) is 0.833. The van der Waals surface area contributed by atoms with Gasteiger partial charge in [0.25, 0.3) is 0 Å². The van der Waals surface area contributed by atoms with Crippen LogP contribution in [-0.4, -0.2) is 36.4 Å². The third-order valence-corrected chi connectivity index (χ3v) is 3.66. The van der Waals surface area contributed by atoms with Crippen LogP contribution in [0.3, 0.4) is 0 Å². The van der Waals surface area contributed by atoms with E-state index in [1.165, 1.54) is 0 Å². The van der Waals surface area contributed by atoms with E-state index in [0.717, 1.165) is 6.42 Å². The number of hydrogen-bond acceptors (Lipinski definition) is 4. The molecule has 17 heavy (non-hydrogen) atoms. The van der Waals surface area contributed by atoms with Crippen LogP contribution in [0.4, 0.5) is 0 Å². The number of cyclic esters (lactones) is 1. The van der Waals surface area contributed by atoms with E-state index in [0.29, 0.717) is 26.1 Å². The lowest BCUT2D eigenvalue weighted by atomic mass is 9.79. The van der Waals surface area contributed by atoms with E-state index in [9.17, 15) is 9.59 Å². The summed E-state index contributed by atoms with van der Waals surface area (Å²) < 4.78 is 10.6. The summed E-state index contributed by atoms with van der Waals surface area (Å²) in [6, 6.07) is 0. The van der Waals surface area contributed by atoms with E-state index in [4.69, 9.17) is 9.47 Å². The molecule has 0 amide bonds. The first kappa shape index (κ1) is 14.6. The first-order valence-electron chi connectivity index (χ1n) is 5.98. The highest BCUT2D eigenvalue weighted by molar-refractivity contribution is 9.09. The maximum atomic E-state index is 11.9. The molecule has 1 aliphatic rings. The second-order valence-corrected chi connectivity index (χ2v) is 4.86. The number of esters is 1. The number of rotatable bonds is 7. The van der Waals surface area contributed by atoms with Gasteiger partial charge in [-0.05, 0) is 12.8 Å². The first-order valence-corrected chi connectivity index (χ1v) is 7.11. The highest BCUT2D eigenvalue weighted by Crippen LogP contribution is 2.38. The van der Waals surface area contributed by atoms with Crippen molar-refractivity contribution in [2.75, 3.05) is 18.5 Å². The molecule has 1 heterocycles. The molecule has 1 rings (SSSR count). The zero-order valence-electron chi connectivity index (χ0n) is 10.3. The van der Waals surface area contributed by atoms with Crippen molar-refractivity contribution in [1.82, 2.24) is 0 Å². The lowest BCUT2D eigenvalue weighted by Gasteiger charge is -2.19. The van der Waals surface area contributed by atoms with E-state index < -0.39 is 11.4 Å². The molecule has 4 nitrogen and oxygen atoms in total. The molecule has 98 valence electrons. The standard InChI is InChI=1S/C12H19BrO4/c1-3-5-16-8-9-6-12(4-2,10(14)7-13)11(15)17-9/h9H,3-8H2,1-2H3. The van der Waals surface area contributed by atoms with Crippen LogP contribution in [-0.2, 0) is 19.1 Å². The Bertz CT molecular complexity index is 292. The van der Waals surface area contributed by atoms with Crippen LogP contribution in [0.5, 0.6) is 0 Å². The van der Waals surface area contributed by atoms with Crippen molar-refractivity contribution in [2.24, 2.45) is 5.41 Å². The van der Waals surface area contributed by atoms with Crippen LogP contribution in [0, 0.1) is 5.41 Å². The van der Waals surface area contributed by atoms with Gasteiger partial charge in [0.05, 0.1) is 11.9 Å². The largest absolute Gasteiger partial charge is 0.459 e. The zero-order chi connectivity index (χ0) is 12.9. The minimum Gasteiger partial charge on any atom is -0.459 e. The highest BCUT2D eigenvalue weighted by atomic mass is 79.9. The van der Waals surface area contributed by atoms with Gasteiger partial charge in [0, 0.05) is 13.0 Å². The van der Waals surface area contributed by atoms with Crippen LogP contribution in [0.25, 0.3) is 0 Å². The minimum atomic E-state index is -0.955. The predicted molar refractivity (Wildman–Crippen MR) is 67.1 cm³/mol. The lowest BCUT2D eigenvalue weighted by Crippen LogP contribution is -2.36. The van der Waals surface area contributed by atoms with Crippen molar-refractivity contribution in [3.8, 4) is 0 Å². The van der Waals surface area contributed by atoms with Crippen molar-refractivity contribution in [3.63, 3.8) is 0 Å². The molecule has 2 atom stereocenters. The molecule has 0 saturated carbocycles. The molecule has 0 radical (unpaired) electrons. The Morgan fingerprint density at radius 1 is 1.59 bits per heavy atom. The molecule has 1 saturated heterocycles. The van der Waals surface area contributed by atoms with E-state index in [1.807, 2.05) is 13.8 Å². The van der Waals surface area contributed by atoms with E-state index in [1.54, 1.807) is 0 Å². The molecule has 0 aromatic heterocycles. The van der Waals surface area contributed by atoms with Crippen molar-refractivity contribution in [1.29, 1.82) is 0 Å². The smallest absolute Gasteiger partial charge is 0.320 e. The number of carbonyl (C=O) groups excluding carboxylic acids is 2. The summed E-state index contributed by atoms with van der Waals surface area (Å²) in [5, 5.41) is 0.193. The number of halogens is 1. The first-order chi connectivity index (χ1) is 8.10. The SMILES string of the molecule is CCCOCC1CC(CC)(C(=O)CBr)C(=O)O1. The van der Waals surface area contributed by atoms with E-state index in [-0.39, 0.29) is 17.2 Å². The van der Waals surface area contributed by atoms with E-state index in [2.05, 4.69) is 15.9 Å². The van der Waals surface area contributed by atoms with Gasteiger partial charge in [-0.15, -0.1) is 0 Å². The van der Waals surface area contributed by atoms with Crippen LogP contribution < -0.4 is 0 Å². The number of alkyl halides is 1. The summed E-state index contributed by atoms with van der Waals surface area (Å²) in [6.07, 6.45) is 1.58. The highest BCUT2D eigenvalue weighted by Gasteiger charge is 2.52. The number of ether oxygens (including phenoxy) is 2. The van der Waals surface area contributed by atoms with Gasteiger partial charge in [0.2, 0.25) is 0 Å². The van der Waals surface area contributed by atoms with Gasteiger partial charge in [0.15, 0.2) is 5.78 Å². The molecular formula is C12H19BrO4. The molecule has 2 unspecified atom stereocenters. The van der Waals surface area contributed by atoms with Crippen LogP contribution >= 0.6 is 15.9 Å². The Kier molecular flexibility index (Phi) is 5.59. The van der Waals surface area contributed by atoms with Crippen LogP contribution in [0.15, 0.2) is 0 Å². The van der Waals surface area contributed by atoms with Gasteiger partial charge in [-0.2, -0.15) is 0 Å². The summed E-state index contributed by atoms with van der Waals surface area (Å²) in [4.78, 5) is 23.7. The van der Waals surface area contributed by atoms with Gasteiger partial charge in [-0.25, -0.2) is 0 Å². The average molecular weight is 307 g/mol. The molecule has 5 heteroatoms. The normalized spacial score (nSPS) is 28.2. The number of carbonyl (C=O) groups is 2. The Morgan fingerprint density at radius 2 is 2.29 bits per heavy atom. The maximum absolute atomic E-state index is 11.9. The summed E-state index contributed by atoms with van der Waals surface area (Å²) in [5.41, 5.74) is -0.955. The zero-order valence-corrected chi connectivity index (χ0v) is 11.9. The third-order valence-electron chi connectivity index (χ3n) is 3.15. The van der Waals surface area contributed by atoms with Crippen LogP contribution in [0.1, 0.15) is 33.1 Å². The van der Waals surface area contributed by atoms with Crippen LogP contribution in [0.2, 0.25) is 0 Å². The molecular weight excluding hydrogens is 288 g/mol. The average Bonchev–Trinajstić information content (AvgIpc) is 2.66. The fourth-order valence-electron chi connectivity index (χ4n) is 2.07. The summed E-state index contributed by atoms with van der Waals surface area (Å²) in [5.74, 6) is -0.488. The Morgan fingerprint density at radius 3 is 2.82 bits per heavy atom. The fourth-order valence-corrected chi connectivity index (χ4v) is 2.61. The summed E-state index contributed by atoms with van der Waals surface area (Å²) in [6.45, 7) is 4.90. The molecule has 0 aromatic rings. The van der Waals surface area contributed by atoms with Crippen molar-refractivity contribution < 1.29 is 19.1 Å². The van der Waals surface area contributed by atoms with Crippen molar-refractivity contribution in [3.05, 3.63) is 0 Å². The van der Waals surface area contributed by atoms with Crippen molar-refractivity contribution >= 4 is 27.7 Å². The molecule has 0 N–H and O–H groups in total. The number of ketones is 1. The second-order valence-electron chi connectivity index (χ2n) is 4.30. The molecule has 1 aliphatic heterocycles. The van der Waals surface area contributed by atoms with Gasteiger partial charge < -0.3 is 9.47 Å². The molecule has 1 fully saturated rings. The van der Waals surface area contributed by atoms with Gasteiger partial charge in [-0.1, -0.05) is 29.8 Å². The Labute approximate surface area is 110 Å². The van der Waals surface area contributed by atoms with Gasteiger partial charge >= 0.3 is 5.97 Å². The topological polar surface area (TPSA) is 52.6 Å². The third kappa shape index (κ3) is 3.07. The molecule has 0 aromatic carbocycles. The predicted octanol–water partition coefficient (Wildman–Crippen LogP) is 2.09. The molecule has 0 spiro atoms. The van der Waals surface area contributed by atoms with Gasteiger partial charge in [-0.3, -0.25) is 9.59 Å². The molecule has 0 bridgehead atoms. The number of Topliss-reactive ketones (excluding diaryl/α,β-unsaturated/α-hetero) is 1. The maximum Gasteiger partial charge on any atom is 0.320 e. The van der Waals surface area contributed by atoms with Gasteiger partial charge in [0.1, 0.15) is 11.5 Å². The quantitative estimate of drug-likeness (QED) is 0.313. The second kappa shape index (κ2) is 6.50. The lowest BCUT2D eigenvalue weighted by molar-refractivity contribution is -0.153. The Balaban J connectivity index is 2.63. The Hall–Kier alpha value is -0.420. The van der Waals surface area contributed by atoms with E-state index >= 15 is 0 Å². The van der Waals surface area contributed by atoms with Crippen molar-refractivity contribution in [2.45, 2.75) is 39.2 Å². The molecule has 0 aliphatic carbocycles. The monoisotopic (exact) mass is 306 g/mol. The summed E-state index contributed by atoms with van der Waals surface area (Å²) in [7, 11) is 0. The summed E-state index contributed by atoms with van der Waals surface area (Å²) >= 11 is 3.12. The number of hydrogen-bond donors (Lipinski definition) is 0. The minimum absolute atomic E-state index is 0.0945.